The Morgan fingerprint density at radius 1 is 1.33 bits per heavy atom. The van der Waals surface area contributed by atoms with Gasteiger partial charge in [-0.3, -0.25) is 10.1 Å². The predicted octanol–water partition coefficient (Wildman–Crippen LogP) is 0.997. The van der Waals surface area contributed by atoms with E-state index in [1.165, 1.54) is 16.2 Å². The van der Waals surface area contributed by atoms with E-state index in [2.05, 4.69) is 34.0 Å². The fourth-order valence-corrected chi connectivity index (χ4v) is 4.95. The third-order valence-corrected chi connectivity index (χ3v) is 6.54. The van der Waals surface area contributed by atoms with Crippen LogP contribution < -0.4 is 16.0 Å². The molecule has 4 N–H and O–H groups in total. The number of likely N-dealkylation sites (tertiary alicyclic amines) is 1. The molecule has 0 radical (unpaired) electrons. The fraction of sp³-hybridized carbons (Fsp3) is 0.526. The maximum atomic E-state index is 12.7. The molecule has 1 aliphatic heterocycles. The highest BCUT2D eigenvalue weighted by molar-refractivity contribution is 7.19. The van der Waals surface area contributed by atoms with E-state index in [0.29, 0.717) is 11.1 Å². The van der Waals surface area contributed by atoms with E-state index in [9.17, 15) is 14.7 Å². The van der Waals surface area contributed by atoms with E-state index < -0.39 is 24.1 Å². The molecule has 0 saturated carbocycles. The number of nitrogens with two attached hydrogens (primary N) is 1. The van der Waals surface area contributed by atoms with Crippen molar-refractivity contribution in [2.75, 3.05) is 29.9 Å². The van der Waals surface area contributed by atoms with Gasteiger partial charge >= 0.3 is 6.03 Å². The maximum absolute atomic E-state index is 12.7. The van der Waals surface area contributed by atoms with Crippen molar-refractivity contribution in [3.63, 3.8) is 0 Å². The summed E-state index contributed by atoms with van der Waals surface area (Å²) in [5.41, 5.74) is 8.19. The summed E-state index contributed by atoms with van der Waals surface area (Å²) in [4.78, 5) is 42.4. The van der Waals surface area contributed by atoms with Crippen molar-refractivity contribution in [1.29, 1.82) is 0 Å². The van der Waals surface area contributed by atoms with Gasteiger partial charge in [0.15, 0.2) is 5.13 Å². The molecule has 30 heavy (non-hydrogen) atoms. The topological polar surface area (TPSA) is 138 Å². The molecule has 0 spiro atoms. The lowest BCUT2D eigenvalue weighted by Gasteiger charge is -2.21. The highest BCUT2D eigenvalue weighted by Crippen LogP contribution is 2.39. The molecular formula is C19H25N7O3S. The number of hydrogen-bond acceptors (Lipinski definition) is 8. The zero-order valence-corrected chi connectivity index (χ0v) is 17.8. The van der Waals surface area contributed by atoms with Crippen LogP contribution in [0.3, 0.4) is 0 Å². The first-order valence-corrected chi connectivity index (χ1v) is 10.9. The molecule has 2 atom stereocenters. The first-order valence-electron chi connectivity index (χ1n) is 10.1. The van der Waals surface area contributed by atoms with E-state index in [4.69, 9.17) is 10.7 Å². The number of urea groups is 1. The largest absolute Gasteiger partial charge is 0.391 e. The van der Waals surface area contributed by atoms with Gasteiger partial charge in [-0.05, 0) is 32.3 Å². The number of anilines is 2. The molecule has 3 amide bonds. The molecule has 2 aromatic heterocycles. The average Bonchev–Trinajstić information content (AvgIpc) is 3.32. The quantitative estimate of drug-likeness (QED) is 0.642. The predicted molar refractivity (Wildman–Crippen MR) is 113 cm³/mol. The summed E-state index contributed by atoms with van der Waals surface area (Å²) in [6.45, 7) is 5.82. The second-order valence-corrected chi connectivity index (χ2v) is 8.40. The maximum Gasteiger partial charge on any atom is 0.324 e. The molecule has 4 rings (SSSR count). The molecule has 1 aliphatic carbocycles. The summed E-state index contributed by atoms with van der Waals surface area (Å²) in [6.07, 6.45) is 2.80. The molecular weight excluding hydrogens is 406 g/mol. The van der Waals surface area contributed by atoms with Gasteiger partial charge in [0.25, 0.3) is 0 Å². The average molecular weight is 432 g/mol. The lowest BCUT2D eigenvalue weighted by Crippen LogP contribution is -2.45. The van der Waals surface area contributed by atoms with Crippen molar-refractivity contribution >= 4 is 34.4 Å². The summed E-state index contributed by atoms with van der Waals surface area (Å²) in [5, 5.41) is 13.0. The molecule has 0 unspecified atom stereocenters. The molecule has 1 fully saturated rings. The van der Waals surface area contributed by atoms with Crippen molar-refractivity contribution in [3.05, 3.63) is 17.5 Å². The Hall–Kier alpha value is -2.79. The van der Waals surface area contributed by atoms with Gasteiger partial charge in [-0.25, -0.2) is 19.7 Å². The second-order valence-electron chi connectivity index (χ2n) is 7.40. The molecule has 0 aromatic carbocycles. The highest BCUT2D eigenvalue weighted by Gasteiger charge is 2.38. The Balaban J connectivity index is 1.58. The molecule has 160 valence electrons. The Bertz CT molecular complexity index is 975. The van der Waals surface area contributed by atoms with E-state index in [0.717, 1.165) is 47.8 Å². The number of primary amides is 1. The minimum atomic E-state index is -0.820. The number of fused-ring (bicyclic) bond motifs is 3. The van der Waals surface area contributed by atoms with Crippen LogP contribution in [-0.4, -0.2) is 68.7 Å². The fourth-order valence-electron chi connectivity index (χ4n) is 3.92. The minimum Gasteiger partial charge on any atom is -0.391 e. The number of aryl methyl sites for hydroxylation is 2. The summed E-state index contributed by atoms with van der Waals surface area (Å²) >= 11 is 1.35. The summed E-state index contributed by atoms with van der Waals surface area (Å²) in [7, 11) is 0. The van der Waals surface area contributed by atoms with Crippen molar-refractivity contribution in [1.82, 2.24) is 19.9 Å². The Morgan fingerprint density at radius 3 is 2.80 bits per heavy atom. The monoisotopic (exact) mass is 431 g/mol. The van der Waals surface area contributed by atoms with E-state index in [1.807, 2.05) is 6.20 Å². The third kappa shape index (κ3) is 3.70. The van der Waals surface area contributed by atoms with Crippen molar-refractivity contribution in [2.45, 2.75) is 45.3 Å². The zero-order valence-electron chi connectivity index (χ0n) is 17.0. The Kier molecular flexibility index (Phi) is 5.56. The lowest BCUT2D eigenvalue weighted by atomic mass is 10.00. The summed E-state index contributed by atoms with van der Waals surface area (Å²) in [5.74, 6) is 0.0515. The highest BCUT2D eigenvalue weighted by atomic mass is 32.1. The number of rotatable bonds is 5. The summed E-state index contributed by atoms with van der Waals surface area (Å²) in [6, 6.07) is -1.31. The standard InChI is InChI=1S/C19H25N7O3S/c1-3-25(4-2)17-21-8-10-5-6-12-15(14(10)23-17)30-18(22-12)24-19(29)26-9-11(27)7-13(26)16(20)28/h8,11,13,27H,3-7,9H2,1-2H3,(H2,20,28)(H,22,24,29)/t11-,13-/m0/s1. The van der Waals surface area contributed by atoms with Crippen molar-refractivity contribution < 1.29 is 14.7 Å². The molecule has 10 nitrogen and oxygen atoms in total. The van der Waals surface area contributed by atoms with Crippen LogP contribution in [-0.2, 0) is 17.6 Å². The summed E-state index contributed by atoms with van der Waals surface area (Å²) < 4.78 is 0. The van der Waals surface area contributed by atoms with E-state index >= 15 is 0 Å². The number of thiazole rings is 1. The van der Waals surface area contributed by atoms with Crippen LogP contribution in [0.15, 0.2) is 6.20 Å². The Morgan fingerprint density at radius 2 is 2.10 bits per heavy atom. The number of nitrogens with zero attached hydrogens (tertiary/aromatic N) is 5. The van der Waals surface area contributed by atoms with Gasteiger partial charge < -0.3 is 20.6 Å². The van der Waals surface area contributed by atoms with Crippen LogP contribution >= 0.6 is 11.3 Å². The van der Waals surface area contributed by atoms with Crippen molar-refractivity contribution in [3.8, 4) is 10.6 Å². The number of amides is 3. The van der Waals surface area contributed by atoms with Crippen LogP contribution in [0.25, 0.3) is 10.6 Å². The molecule has 3 heterocycles. The van der Waals surface area contributed by atoms with Crippen LogP contribution in [0.4, 0.5) is 15.9 Å². The number of hydrogen-bond donors (Lipinski definition) is 3. The lowest BCUT2D eigenvalue weighted by molar-refractivity contribution is -0.121. The van der Waals surface area contributed by atoms with Gasteiger partial charge in [0, 0.05) is 32.3 Å². The van der Waals surface area contributed by atoms with E-state index in [1.54, 1.807) is 0 Å². The van der Waals surface area contributed by atoms with Crippen LogP contribution in [0.5, 0.6) is 0 Å². The number of carbonyl (C=O) groups is 2. The van der Waals surface area contributed by atoms with Gasteiger partial charge in [-0.1, -0.05) is 11.3 Å². The zero-order chi connectivity index (χ0) is 21.4. The van der Waals surface area contributed by atoms with Gasteiger partial charge in [-0.2, -0.15) is 0 Å². The smallest absolute Gasteiger partial charge is 0.324 e. The van der Waals surface area contributed by atoms with Gasteiger partial charge in [-0.15, -0.1) is 0 Å². The van der Waals surface area contributed by atoms with Gasteiger partial charge in [0.1, 0.15) is 6.04 Å². The molecule has 2 aliphatic rings. The third-order valence-electron chi connectivity index (χ3n) is 5.52. The minimum absolute atomic E-state index is 0.0633. The number of carbonyl (C=O) groups excluding carboxylic acids is 2. The Labute approximate surface area is 178 Å². The van der Waals surface area contributed by atoms with Crippen LogP contribution in [0, 0.1) is 0 Å². The van der Waals surface area contributed by atoms with Gasteiger partial charge in [0.05, 0.1) is 22.4 Å². The number of aliphatic hydroxyl groups is 1. The second kappa shape index (κ2) is 8.15. The molecule has 2 aromatic rings. The van der Waals surface area contributed by atoms with E-state index in [-0.39, 0.29) is 13.0 Å². The molecule has 0 bridgehead atoms. The first kappa shape index (κ1) is 20.5. The van der Waals surface area contributed by atoms with Crippen molar-refractivity contribution in [2.24, 2.45) is 5.73 Å². The number of β-amino-alcohol motifs (C(OH)–C–C–N with tert-alkyl or cyclic N) is 1. The van der Waals surface area contributed by atoms with Crippen LogP contribution in [0.1, 0.15) is 31.5 Å². The normalized spacial score (nSPS) is 19.9. The first-order chi connectivity index (χ1) is 14.4. The number of aromatic nitrogens is 3. The van der Waals surface area contributed by atoms with Gasteiger partial charge in [0.2, 0.25) is 11.9 Å². The number of nitrogens with one attached hydrogen (secondary N) is 1. The number of aliphatic hydroxyl groups excluding tert-OH is 1. The molecule has 11 heteroatoms. The SMILES string of the molecule is CCN(CC)c1ncc2c(n1)-c1sc(NC(=O)N3C[C@@H](O)C[C@H]3C(N)=O)nc1CC2. The van der Waals surface area contributed by atoms with Crippen LogP contribution in [0.2, 0.25) is 0 Å². The molecule has 1 saturated heterocycles.